The molecule has 0 bridgehead atoms. The molecule has 0 unspecified atom stereocenters. The molecule has 0 aliphatic heterocycles. The Labute approximate surface area is 166 Å². The molecular weight excluding hydrogens is 352 g/mol. The predicted octanol–water partition coefficient (Wildman–Crippen LogP) is 3.45. The Bertz CT molecular complexity index is 865. The summed E-state index contributed by atoms with van der Waals surface area (Å²) in [4.78, 5) is 18.8. The van der Waals surface area contributed by atoms with Gasteiger partial charge in [-0.2, -0.15) is 5.26 Å². The minimum absolute atomic E-state index is 0.0545. The molecule has 1 fully saturated rings. The molecule has 0 saturated heterocycles. The van der Waals surface area contributed by atoms with Crippen LogP contribution < -0.4 is 15.0 Å². The van der Waals surface area contributed by atoms with Crippen molar-refractivity contribution in [3.8, 4) is 11.8 Å². The Morgan fingerprint density at radius 2 is 2.00 bits per heavy atom. The molecule has 146 valence electrons. The van der Waals surface area contributed by atoms with Crippen LogP contribution in [0.2, 0.25) is 0 Å². The lowest BCUT2D eigenvalue weighted by molar-refractivity contribution is 0.0925. The lowest BCUT2D eigenvalue weighted by atomic mass is 9.90. The maximum Gasteiger partial charge on any atom is 0.253 e. The van der Waals surface area contributed by atoms with Crippen molar-refractivity contribution in [1.82, 2.24) is 10.3 Å². The second-order valence-corrected chi connectivity index (χ2v) is 7.27. The number of aromatic nitrogens is 1. The highest BCUT2D eigenvalue weighted by Gasteiger charge is 2.26. The summed E-state index contributed by atoms with van der Waals surface area (Å²) in [5.41, 5.74) is 3.08. The van der Waals surface area contributed by atoms with Gasteiger partial charge in [0.05, 0.1) is 18.2 Å². The predicted molar refractivity (Wildman–Crippen MR) is 109 cm³/mol. The van der Waals surface area contributed by atoms with Gasteiger partial charge < -0.3 is 15.0 Å². The number of carbonyl (C=O) groups is 1. The van der Waals surface area contributed by atoms with Gasteiger partial charge in [0.1, 0.15) is 11.8 Å². The van der Waals surface area contributed by atoms with Crippen molar-refractivity contribution >= 4 is 11.6 Å². The number of carbonyl (C=O) groups excluding carboxylic acids is 1. The first-order chi connectivity index (χ1) is 13.5. The number of hydrogen-bond donors (Lipinski definition) is 1. The molecule has 3 rings (SSSR count). The molecule has 6 heteroatoms. The zero-order valence-electron chi connectivity index (χ0n) is 16.6. The second-order valence-electron chi connectivity index (χ2n) is 7.27. The molecular formula is C22H26N4O2. The van der Waals surface area contributed by atoms with Crippen molar-refractivity contribution in [2.24, 2.45) is 0 Å². The normalized spacial score (nSPS) is 18.8. The van der Waals surface area contributed by atoms with E-state index in [0.717, 1.165) is 37.1 Å². The summed E-state index contributed by atoms with van der Waals surface area (Å²) in [7, 11) is 3.65. The highest BCUT2D eigenvalue weighted by atomic mass is 16.5. The van der Waals surface area contributed by atoms with E-state index in [2.05, 4.69) is 28.3 Å². The van der Waals surface area contributed by atoms with Gasteiger partial charge in [0.25, 0.3) is 5.91 Å². The average molecular weight is 378 g/mol. The van der Waals surface area contributed by atoms with E-state index in [1.807, 2.05) is 31.2 Å². The molecule has 0 spiro atoms. The van der Waals surface area contributed by atoms with Gasteiger partial charge in [-0.25, -0.2) is 0 Å². The van der Waals surface area contributed by atoms with Gasteiger partial charge in [0, 0.05) is 42.8 Å². The monoisotopic (exact) mass is 378 g/mol. The van der Waals surface area contributed by atoms with Crippen LogP contribution in [0.25, 0.3) is 0 Å². The van der Waals surface area contributed by atoms with E-state index in [1.165, 1.54) is 0 Å². The molecule has 1 aliphatic rings. The van der Waals surface area contributed by atoms with Crippen LogP contribution in [0, 0.1) is 18.3 Å². The van der Waals surface area contributed by atoms with Crippen LogP contribution in [-0.2, 0) is 0 Å². The van der Waals surface area contributed by atoms with Gasteiger partial charge >= 0.3 is 0 Å². The third-order valence-electron chi connectivity index (χ3n) is 5.47. The maximum atomic E-state index is 12.4. The smallest absolute Gasteiger partial charge is 0.253 e. The van der Waals surface area contributed by atoms with E-state index in [4.69, 9.17) is 10.00 Å². The van der Waals surface area contributed by atoms with Crippen LogP contribution >= 0.6 is 0 Å². The highest BCUT2D eigenvalue weighted by Crippen LogP contribution is 2.30. The van der Waals surface area contributed by atoms with Crippen LogP contribution in [-0.4, -0.2) is 37.1 Å². The van der Waals surface area contributed by atoms with Gasteiger partial charge in [-0.1, -0.05) is 0 Å². The van der Waals surface area contributed by atoms with E-state index >= 15 is 0 Å². The van der Waals surface area contributed by atoms with Crippen molar-refractivity contribution in [3.63, 3.8) is 0 Å². The molecule has 1 heterocycles. The minimum atomic E-state index is -0.0545. The zero-order valence-corrected chi connectivity index (χ0v) is 16.6. The topological polar surface area (TPSA) is 78.2 Å². The van der Waals surface area contributed by atoms with Gasteiger partial charge in [0.2, 0.25) is 0 Å². The van der Waals surface area contributed by atoms with Crippen LogP contribution in [0.15, 0.2) is 36.5 Å². The van der Waals surface area contributed by atoms with Gasteiger partial charge in [-0.15, -0.1) is 0 Å². The number of pyridine rings is 1. The first kappa shape index (κ1) is 19.7. The first-order valence-corrected chi connectivity index (χ1v) is 9.56. The molecule has 0 radical (unpaired) electrons. The Balaban J connectivity index is 1.57. The quantitative estimate of drug-likeness (QED) is 0.862. The lowest BCUT2D eigenvalue weighted by Crippen LogP contribution is -2.43. The number of rotatable bonds is 5. The summed E-state index contributed by atoms with van der Waals surface area (Å²) < 4.78 is 5.32. The number of nitrogens with one attached hydrogen (secondary N) is 1. The SMILES string of the molecule is COc1cc(N(C)C2CCC(NC(=O)c3ccc(C)nc3)CC2)ccc1C#N. The fraction of sp³-hybridized carbons (Fsp3) is 0.409. The number of amides is 1. The summed E-state index contributed by atoms with van der Waals surface area (Å²) in [6.45, 7) is 1.91. The molecule has 1 N–H and O–H groups in total. The number of nitriles is 1. The molecule has 1 saturated carbocycles. The molecule has 0 atom stereocenters. The van der Waals surface area contributed by atoms with Crippen LogP contribution in [0.4, 0.5) is 5.69 Å². The van der Waals surface area contributed by atoms with Gasteiger partial charge in [0.15, 0.2) is 0 Å². The third-order valence-corrected chi connectivity index (χ3v) is 5.47. The molecule has 1 aromatic carbocycles. The van der Waals surface area contributed by atoms with Gasteiger partial charge in [-0.3, -0.25) is 9.78 Å². The summed E-state index contributed by atoms with van der Waals surface area (Å²) in [5.74, 6) is 0.542. The van der Waals surface area contributed by atoms with Gasteiger partial charge in [-0.05, 0) is 56.9 Å². The molecule has 1 aromatic heterocycles. The van der Waals surface area contributed by atoms with E-state index < -0.39 is 0 Å². The van der Waals surface area contributed by atoms with E-state index in [-0.39, 0.29) is 11.9 Å². The van der Waals surface area contributed by atoms with Crippen molar-refractivity contribution in [3.05, 3.63) is 53.3 Å². The summed E-state index contributed by atoms with van der Waals surface area (Å²) in [5, 5.41) is 12.3. The number of ether oxygens (including phenoxy) is 1. The number of benzene rings is 1. The summed E-state index contributed by atoms with van der Waals surface area (Å²) >= 11 is 0. The number of nitrogens with zero attached hydrogens (tertiary/aromatic N) is 3. The fourth-order valence-corrected chi connectivity index (χ4v) is 3.68. The molecule has 1 amide bonds. The van der Waals surface area contributed by atoms with Crippen LogP contribution in [0.1, 0.15) is 47.3 Å². The van der Waals surface area contributed by atoms with E-state index in [0.29, 0.717) is 22.9 Å². The number of methoxy groups -OCH3 is 1. The maximum absolute atomic E-state index is 12.4. The largest absolute Gasteiger partial charge is 0.495 e. The fourth-order valence-electron chi connectivity index (χ4n) is 3.68. The highest BCUT2D eigenvalue weighted by molar-refractivity contribution is 5.94. The molecule has 1 aliphatic carbocycles. The van der Waals surface area contributed by atoms with E-state index in [1.54, 1.807) is 19.4 Å². The van der Waals surface area contributed by atoms with Crippen molar-refractivity contribution in [1.29, 1.82) is 5.26 Å². The summed E-state index contributed by atoms with van der Waals surface area (Å²) in [6, 6.07) is 12.1. The molecule has 2 aromatic rings. The zero-order chi connectivity index (χ0) is 20.1. The molecule has 6 nitrogen and oxygen atoms in total. The number of aryl methyl sites for hydroxylation is 1. The Morgan fingerprint density at radius 1 is 1.25 bits per heavy atom. The minimum Gasteiger partial charge on any atom is -0.495 e. The van der Waals surface area contributed by atoms with Crippen molar-refractivity contribution in [2.75, 3.05) is 19.1 Å². The van der Waals surface area contributed by atoms with Crippen LogP contribution in [0.3, 0.4) is 0 Å². The number of anilines is 1. The number of hydrogen-bond acceptors (Lipinski definition) is 5. The second kappa shape index (κ2) is 8.75. The van der Waals surface area contributed by atoms with E-state index in [9.17, 15) is 4.79 Å². The Morgan fingerprint density at radius 3 is 2.61 bits per heavy atom. The van der Waals surface area contributed by atoms with Crippen molar-refractivity contribution < 1.29 is 9.53 Å². The summed E-state index contributed by atoms with van der Waals surface area (Å²) in [6.07, 6.45) is 5.50. The lowest BCUT2D eigenvalue weighted by Gasteiger charge is -2.36. The van der Waals surface area contributed by atoms with Crippen LogP contribution in [0.5, 0.6) is 5.75 Å². The Hall–Kier alpha value is -3.07. The third kappa shape index (κ3) is 4.42. The molecule has 28 heavy (non-hydrogen) atoms. The first-order valence-electron chi connectivity index (χ1n) is 9.56. The van der Waals surface area contributed by atoms with Crippen molar-refractivity contribution in [2.45, 2.75) is 44.7 Å². The Kier molecular flexibility index (Phi) is 6.15. The standard InChI is InChI=1S/C22H26N4O2/c1-15-4-5-17(14-24-15)22(27)25-18-7-10-19(11-8-18)26(2)20-9-6-16(13-23)21(12-20)28-3/h4-6,9,12,14,18-19H,7-8,10-11H2,1-3H3,(H,25,27). The average Bonchev–Trinajstić information content (AvgIpc) is 2.73.